The second kappa shape index (κ2) is 9.37. The number of amides is 2. The molecule has 2 aromatic carbocycles. The summed E-state index contributed by atoms with van der Waals surface area (Å²) >= 11 is 0. The van der Waals surface area contributed by atoms with E-state index in [0.29, 0.717) is 18.8 Å². The van der Waals surface area contributed by atoms with E-state index in [2.05, 4.69) is 11.9 Å². The summed E-state index contributed by atoms with van der Waals surface area (Å²) in [5, 5.41) is 11.8. The van der Waals surface area contributed by atoms with Crippen molar-refractivity contribution in [2.45, 2.75) is 6.61 Å². The van der Waals surface area contributed by atoms with Crippen molar-refractivity contribution in [2.75, 3.05) is 25.0 Å². The zero-order chi connectivity index (χ0) is 17.2. The molecule has 2 aromatic rings. The number of aliphatic hydroxyl groups excluding tert-OH is 1. The van der Waals surface area contributed by atoms with Gasteiger partial charge in [0.1, 0.15) is 12.4 Å². The molecule has 2 amide bonds. The quantitative estimate of drug-likeness (QED) is 0.732. The van der Waals surface area contributed by atoms with Crippen molar-refractivity contribution in [3.05, 3.63) is 72.8 Å². The first-order chi connectivity index (χ1) is 11.7. The molecule has 0 fully saturated rings. The van der Waals surface area contributed by atoms with E-state index >= 15 is 0 Å². The largest absolute Gasteiger partial charge is 0.489 e. The van der Waals surface area contributed by atoms with Crippen LogP contribution in [0.3, 0.4) is 0 Å². The number of benzene rings is 2. The maximum Gasteiger partial charge on any atom is 0.322 e. The van der Waals surface area contributed by atoms with Gasteiger partial charge in [-0.15, -0.1) is 6.58 Å². The third-order valence-corrected chi connectivity index (χ3v) is 3.36. The Hall–Kier alpha value is -2.79. The molecule has 5 heteroatoms. The van der Waals surface area contributed by atoms with E-state index in [-0.39, 0.29) is 19.2 Å². The van der Waals surface area contributed by atoms with Crippen molar-refractivity contribution in [1.29, 1.82) is 0 Å². The summed E-state index contributed by atoms with van der Waals surface area (Å²) in [4.78, 5) is 13.6. The predicted molar refractivity (Wildman–Crippen MR) is 95.1 cm³/mol. The highest BCUT2D eigenvalue weighted by molar-refractivity contribution is 5.89. The Morgan fingerprint density at radius 1 is 1.17 bits per heavy atom. The first-order valence-corrected chi connectivity index (χ1v) is 7.77. The van der Waals surface area contributed by atoms with E-state index in [9.17, 15) is 4.79 Å². The Morgan fingerprint density at radius 3 is 2.50 bits per heavy atom. The lowest BCUT2D eigenvalue weighted by molar-refractivity contribution is 0.195. The Bertz CT molecular complexity index is 641. The van der Waals surface area contributed by atoms with Crippen LogP contribution in [0.4, 0.5) is 10.5 Å². The number of anilines is 1. The fourth-order valence-corrected chi connectivity index (χ4v) is 2.12. The second-order valence-electron chi connectivity index (χ2n) is 5.19. The molecule has 0 radical (unpaired) electrons. The fourth-order valence-electron chi connectivity index (χ4n) is 2.12. The molecule has 126 valence electrons. The maximum absolute atomic E-state index is 12.1. The summed E-state index contributed by atoms with van der Waals surface area (Å²) in [6.45, 7) is 4.64. The predicted octanol–water partition coefficient (Wildman–Crippen LogP) is 3.28. The third-order valence-electron chi connectivity index (χ3n) is 3.36. The molecule has 0 heterocycles. The molecule has 0 aliphatic carbocycles. The summed E-state index contributed by atoms with van der Waals surface area (Å²) < 4.78 is 5.68. The molecule has 0 bridgehead atoms. The Morgan fingerprint density at radius 2 is 1.88 bits per heavy atom. The maximum atomic E-state index is 12.1. The first kappa shape index (κ1) is 17.6. The van der Waals surface area contributed by atoms with Gasteiger partial charge >= 0.3 is 6.03 Å². The standard InChI is InChI=1S/C19H22N2O3/c1-2-12-21(13-14-22)19(23)20-17-10-8-16(9-11-17)15-24-18-6-4-3-5-7-18/h2-11,22H,1,12-15H2,(H,20,23). The lowest BCUT2D eigenvalue weighted by Gasteiger charge is -2.20. The van der Waals surface area contributed by atoms with Gasteiger partial charge in [0.05, 0.1) is 6.61 Å². The molecule has 0 atom stereocenters. The summed E-state index contributed by atoms with van der Waals surface area (Å²) in [6.07, 6.45) is 1.62. The molecule has 0 aliphatic heterocycles. The lowest BCUT2D eigenvalue weighted by atomic mass is 10.2. The summed E-state index contributed by atoms with van der Waals surface area (Å²) in [5.74, 6) is 0.818. The molecule has 24 heavy (non-hydrogen) atoms. The van der Waals surface area contributed by atoms with Crippen LogP contribution in [0.1, 0.15) is 5.56 Å². The SMILES string of the molecule is C=CCN(CCO)C(=O)Nc1ccc(COc2ccccc2)cc1. The van der Waals surface area contributed by atoms with Crippen LogP contribution in [-0.2, 0) is 6.61 Å². The molecule has 0 aromatic heterocycles. The van der Waals surface area contributed by atoms with Crippen LogP contribution in [0, 0.1) is 0 Å². The summed E-state index contributed by atoms with van der Waals surface area (Å²) in [5.41, 5.74) is 1.70. The van der Waals surface area contributed by atoms with E-state index in [1.165, 1.54) is 4.90 Å². The number of carbonyl (C=O) groups is 1. The average Bonchev–Trinajstić information content (AvgIpc) is 2.62. The van der Waals surface area contributed by atoms with Crippen LogP contribution >= 0.6 is 0 Å². The zero-order valence-electron chi connectivity index (χ0n) is 13.5. The van der Waals surface area contributed by atoms with Gasteiger partial charge in [-0.25, -0.2) is 4.79 Å². The van der Waals surface area contributed by atoms with E-state index in [0.717, 1.165) is 11.3 Å². The minimum atomic E-state index is -0.266. The number of hydrogen-bond donors (Lipinski definition) is 2. The number of nitrogens with zero attached hydrogens (tertiary/aromatic N) is 1. The van der Waals surface area contributed by atoms with Gasteiger partial charge in [-0.2, -0.15) is 0 Å². The second-order valence-corrected chi connectivity index (χ2v) is 5.19. The van der Waals surface area contributed by atoms with Crippen LogP contribution < -0.4 is 10.1 Å². The Labute approximate surface area is 142 Å². The highest BCUT2D eigenvalue weighted by Gasteiger charge is 2.11. The molecule has 0 unspecified atom stereocenters. The van der Waals surface area contributed by atoms with E-state index < -0.39 is 0 Å². The topological polar surface area (TPSA) is 61.8 Å². The normalized spacial score (nSPS) is 10.0. The van der Waals surface area contributed by atoms with Gasteiger partial charge in [0.25, 0.3) is 0 Å². The smallest absolute Gasteiger partial charge is 0.322 e. The van der Waals surface area contributed by atoms with Gasteiger partial charge in [-0.05, 0) is 29.8 Å². The average molecular weight is 326 g/mol. The minimum absolute atomic E-state index is 0.0863. The molecule has 0 saturated carbocycles. The van der Waals surface area contributed by atoms with Crippen molar-refractivity contribution < 1.29 is 14.6 Å². The monoisotopic (exact) mass is 326 g/mol. The van der Waals surface area contributed by atoms with Gasteiger partial charge in [0.15, 0.2) is 0 Å². The highest BCUT2D eigenvalue weighted by Crippen LogP contribution is 2.14. The molecule has 0 aliphatic rings. The van der Waals surface area contributed by atoms with Gasteiger partial charge < -0.3 is 20.1 Å². The number of ether oxygens (including phenoxy) is 1. The minimum Gasteiger partial charge on any atom is -0.489 e. The van der Waals surface area contributed by atoms with Crippen molar-refractivity contribution in [3.8, 4) is 5.75 Å². The van der Waals surface area contributed by atoms with Crippen molar-refractivity contribution in [2.24, 2.45) is 0 Å². The number of carbonyl (C=O) groups excluding carboxylic acids is 1. The van der Waals surface area contributed by atoms with E-state index in [1.54, 1.807) is 6.08 Å². The van der Waals surface area contributed by atoms with Gasteiger partial charge in [-0.1, -0.05) is 36.4 Å². The molecule has 5 nitrogen and oxygen atoms in total. The third kappa shape index (κ3) is 5.44. The fraction of sp³-hybridized carbons (Fsp3) is 0.211. The number of rotatable bonds is 8. The van der Waals surface area contributed by atoms with Crippen LogP contribution in [-0.4, -0.2) is 35.7 Å². The van der Waals surface area contributed by atoms with Crippen LogP contribution in [0.25, 0.3) is 0 Å². The number of para-hydroxylation sites is 1. The van der Waals surface area contributed by atoms with Gasteiger partial charge in [0.2, 0.25) is 0 Å². The van der Waals surface area contributed by atoms with E-state index in [1.807, 2.05) is 54.6 Å². The van der Waals surface area contributed by atoms with Crippen molar-refractivity contribution in [3.63, 3.8) is 0 Å². The number of aliphatic hydroxyl groups is 1. The molecule has 0 saturated heterocycles. The zero-order valence-corrected chi connectivity index (χ0v) is 13.5. The number of nitrogens with one attached hydrogen (secondary N) is 1. The van der Waals surface area contributed by atoms with E-state index in [4.69, 9.17) is 9.84 Å². The summed E-state index contributed by atoms with van der Waals surface area (Å²) in [7, 11) is 0. The van der Waals surface area contributed by atoms with Crippen LogP contribution in [0.5, 0.6) is 5.75 Å². The summed E-state index contributed by atoms with van der Waals surface area (Å²) in [6, 6.07) is 16.8. The lowest BCUT2D eigenvalue weighted by Crippen LogP contribution is -2.37. The molecule has 0 spiro atoms. The van der Waals surface area contributed by atoms with Gasteiger partial charge in [0, 0.05) is 18.8 Å². The van der Waals surface area contributed by atoms with Crippen LogP contribution in [0.2, 0.25) is 0 Å². The Balaban J connectivity index is 1.89. The first-order valence-electron chi connectivity index (χ1n) is 7.77. The van der Waals surface area contributed by atoms with Crippen molar-refractivity contribution in [1.82, 2.24) is 4.90 Å². The molecule has 2 rings (SSSR count). The molecular weight excluding hydrogens is 304 g/mol. The highest BCUT2D eigenvalue weighted by atomic mass is 16.5. The number of hydrogen-bond acceptors (Lipinski definition) is 3. The molecule has 2 N–H and O–H groups in total. The molecular formula is C19H22N2O3. The Kier molecular flexibility index (Phi) is 6.86. The van der Waals surface area contributed by atoms with Gasteiger partial charge in [-0.3, -0.25) is 0 Å². The van der Waals surface area contributed by atoms with Crippen LogP contribution in [0.15, 0.2) is 67.3 Å². The number of urea groups is 1. The van der Waals surface area contributed by atoms with Crippen molar-refractivity contribution >= 4 is 11.7 Å².